The number of anilines is 1. The summed E-state index contributed by atoms with van der Waals surface area (Å²) in [7, 11) is 1.86. The third-order valence-electron chi connectivity index (χ3n) is 3.39. The van der Waals surface area contributed by atoms with Gasteiger partial charge in [-0.1, -0.05) is 31.5 Å². The number of rotatable bonds is 2. The molecule has 2 nitrogen and oxygen atoms in total. The average molecular weight is 203 g/mol. The Bertz CT molecular complexity index is 399. The van der Waals surface area contributed by atoms with Crippen LogP contribution in [0.2, 0.25) is 0 Å². The lowest BCUT2D eigenvalue weighted by molar-refractivity contribution is -0.122. The monoisotopic (exact) mass is 203 g/mol. The van der Waals surface area contributed by atoms with Crippen molar-refractivity contribution in [3.05, 3.63) is 29.8 Å². The van der Waals surface area contributed by atoms with Gasteiger partial charge in [0.05, 0.1) is 5.41 Å². The lowest BCUT2D eigenvalue weighted by Gasteiger charge is -2.22. The fraction of sp³-hybridized carbons (Fsp3) is 0.462. The van der Waals surface area contributed by atoms with Crippen LogP contribution >= 0.6 is 0 Å². The van der Waals surface area contributed by atoms with E-state index >= 15 is 0 Å². The SMILES string of the molecule is CCCC1(C)C(=O)N(C)c2ccccc21. The number of fused-ring (bicyclic) bond motifs is 1. The molecule has 1 aromatic rings. The quantitative estimate of drug-likeness (QED) is 0.723. The Morgan fingerprint density at radius 3 is 2.67 bits per heavy atom. The van der Waals surface area contributed by atoms with Crippen molar-refractivity contribution in [3.63, 3.8) is 0 Å². The Kier molecular flexibility index (Phi) is 2.29. The van der Waals surface area contributed by atoms with Gasteiger partial charge in [-0.2, -0.15) is 0 Å². The molecule has 15 heavy (non-hydrogen) atoms. The van der Waals surface area contributed by atoms with Crippen molar-refractivity contribution >= 4 is 11.6 Å². The van der Waals surface area contributed by atoms with Crippen LogP contribution in [0.4, 0.5) is 5.69 Å². The molecule has 1 aliphatic heterocycles. The lowest BCUT2D eigenvalue weighted by Crippen LogP contribution is -2.35. The van der Waals surface area contributed by atoms with Gasteiger partial charge in [-0.25, -0.2) is 0 Å². The molecule has 0 bridgehead atoms. The van der Waals surface area contributed by atoms with Gasteiger partial charge in [-0.15, -0.1) is 0 Å². The second-order valence-corrected chi connectivity index (χ2v) is 4.46. The van der Waals surface area contributed by atoms with E-state index in [1.807, 2.05) is 25.2 Å². The number of carbonyl (C=O) groups is 1. The van der Waals surface area contributed by atoms with Crippen LogP contribution in [0.5, 0.6) is 0 Å². The minimum atomic E-state index is -0.305. The van der Waals surface area contributed by atoms with E-state index in [0.717, 1.165) is 18.5 Å². The highest BCUT2D eigenvalue weighted by molar-refractivity contribution is 6.07. The normalized spacial score (nSPS) is 24.5. The van der Waals surface area contributed by atoms with Crippen LogP contribution in [0, 0.1) is 0 Å². The van der Waals surface area contributed by atoms with Crippen LogP contribution < -0.4 is 4.90 Å². The van der Waals surface area contributed by atoms with Crippen molar-refractivity contribution in [3.8, 4) is 0 Å². The Morgan fingerprint density at radius 2 is 2.00 bits per heavy atom. The Hall–Kier alpha value is -1.31. The summed E-state index contributed by atoms with van der Waals surface area (Å²) in [5, 5.41) is 0. The number of hydrogen-bond acceptors (Lipinski definition) is 1. The van der Waals surface area contributed by atoms with Gasteiger partial charge in [0.25, 0.3) is 0 Å². The summed E-state index contributed by atoms with van der Waals surface area (Å²) in [6.45, 7) is 4.18. The summed E-state index contributed by atoms with van der Waals surface area (Å²) >= 11 is 0. The predicted molar refractivity (Wildman–Crippen MR) is 62.1 cm³/mol. The van der Waals surface area contributed by atoms with Crippen LogP contribution in [0.15, 0.2) is 24.3 Å². The summed E-state index contributed by atoms with van der Waals surface area (Å²) < 4.78 is 0. The minimum absolute atomic E-state index is 0.227. The molecule has 0 fully saturated rings. The third kappa shape index (κ3) is 1.28. The molecule has 1 heterocycles. The molecule has 1 amide bonds. The van der Waals surface area contributed by atoms with Gasteiger partial charge in [0, 0.05) is 12.7 Å². The van der Waals surface area contributed by atoms with Crippen molar-refractivity contribution in [2.75, 3.05) is 11.9 Å². The number of hydrogen-bond donors (Lipinski definition) is 0. The number of likely N-dealkylation sites (N-methyl/N-ethyl adjacent to an activating group) is 1. The Labute approximate surface area is 90.9 Å². The highest BCUT2D eigenvalue weighted by atomic mass is 16.2. The highest BCUT2D eigenvalue weighted by Crippen LogP contribution is 2.43. The molecule has 80 valence electrons. The molecule has 0 saturated heterocycles. The van der Waals surface area contributed by atoms with E-state index in [0.29, 0.717) is 0 Å². The number of para-hydroxylation sites is 1. The van der Waals surface area contributed by atoms with E-state index in [4.69, 9.17) is 0 Å². The van der Waals surface area contributed by atoms with E-state index in [9.17, 15) is 4.79 Å². The molecule has 2 rings (SSSR count). The molecule has 0 aliphatic carbocycles. The smallest absolute Gasteiger partial charge is 0.237 e. The minimum Gasteiger partial charge on any atom is -0.314 e. The van der Waals surface area contributed by atoms with Crippen molar-refractivity contribution in [1.82, 2.24) is 0 Å². The van der Waals surface area contributed by atoms with Crippen LogP contribution in [0.25, 0.3) is 0 Å². The Balaban J connectivity index is 2.55. The summed E-state index contributed by atoms with van der Waals surface area (Å²) in [4.78, 5) is 14.0. The number of benzene rings is 1. The van der Waals surface area contributed by atoms with Crippen LogP contribution in [-0.2, 0) is 10.2 Å². The van der Waals surface area contributed by atoms with E-state index in [1.165, 1.54) is 5.56 Å². The zero-order valence-electron chi connectivity index (χ0n) is 9.58. The molecular formula is C13H17NO. The predicted octanol–water partition coefficient (Wildman–Crippen LogP) is 2.72. The van der Waals surface area contributed by atoms with Gasteiger partial charge in [-0.05, 0) is 25.0 Å². The maximum Gasteiger partial charge on any atom is 0.237 e. The number of nitrogens with zero attached hydrogens (tertiary/aromatic N) is 1. The summed E-state index contributed by atoms with van der Waals surface area (Å²) in [6, 6.07) is 8.10. The maximum absolute atomic E-state index is 12.2. The van der Waals surface area contributed by atoms with Gasteiger partial charge in [-0.3, -0.25) is 4.79 Å². The number of carbonyl (C=O) groups excluding carboxylic acids is 1. The Morgan fingerprint density at radius 1 is 1.33 bits per heavy atom. The molecule has 0 spiro atoms. The van der Waals surface area contributed by atoms with Crippen LogP contribution in [0.1, 0.15) is 32.3 Å². The second kappa shape index (κ2) is 3.37. The molecule has 1 aromatic carbocycles. The first-order valence-corrected chi connectivity index (χ1v) is 5.49. The van der Waals surface area contributed by atoms with Gasteiger partial charge >= 0.3 is 0 Å². The molecule has 0 N–H and O–H groups in total. The van der Waals surface area contributed by atoms with Crippen molar-refractivity contribution in [2.24, 2.45) is 0 Å². The average Bonchev–Trinajstić information content (AvgIpc) is 2.43. The molecule has 0 saturated carbocycles. The summed E-state index contributed by atoms with van der Waals surface area (Å²) in [5.74, 6) is 0.227. The molecule has 2 heteroatoms. The van der Waals surface area contributed by atoms with Crippen LogP contribution in [0.3, 0.4) is 0 Å². The molecular weight excluding hydrogens is 186 g/mol. The first kappa shape index (κ1) is 10.2. The van der Waals surface area contributed by atoms with E-state index < -0.39 is 0 Å². The molecule has 0 radical (unpaired) electrons. The molecule has 0 aromatic heterocycles. The van der Waals surface area contributed by atoms with Crippen molar-refractivity contribution < 1.29 is 4.79 Å². The first-order valence-electron chi connectivity index (χ1n) is 5.49. The van der Waals surface area contributed by atoms with E-state index in [1.54, 1.807) is 4.90 Å². The second-order valence-electron chi connectivity index (χ2n) is 4.46. The first-order chi connectivity index (χ1) is 7.11. The largest absolute Gasteiger partial charge is 0.314 e. The molecule has 1 aliphatic rings. The van der Waals surface area contributed by atoms with Gasteiger partial charge in [0.15, 0.2) is 0 Å². The zero-order chi connectivity index (χ0) is 11.1. The standard InChI is InChI=1S/C13H17NO/c1-4-9-13(2)10-7-5-6-8-11(10)14(3)12(13)15/h5-8H,4,9H2,1-3H3. The van der Waals surface area contributed by atoms with Gasteiger partial charge < -0.3 is 4.90 Å². The zero-order valence-corrected chi connectivity index (χ0v) is 9.58. The maximum atomic E-state index is 12.2. The summed E-state index contributed by atoms with van der Waals surface area (Å²) in [5.41, 5.74) is 1.94. The summed E-state index contributed by atoms with van der Waals surface area (Å²) in [6.07, 6.45) is 1.96. The fourth-order valence-corrected chi connectivity index (χ4v) is 2.57. The van der Waals surface area contributed by atoms with Crippen molar-refractivity contribution in [1.29, 1.82) is 0 Å². The van der Waals surface area contributed by atoms with Gasteiger partial charge in [0.1, 0.15) is 0 Å². The number of amides is 1. The third-order valence-corrected chi connectivity index (χ3v) is 3.39. The lowest BCUT2D eigenvalue weighted by atomic mass is 9.80. The van der Waals surface area contributed by atoms with E-state index in [-0.39, 0.29) is 11.3 Å². The molecule has 1 atom stereocenters. The fourth-order valence-electron chi connectivity index (χ4n) is 2.57. The van der Waals surface area contributed by atoms with Crippen LogP contribution in [-0.4, -0.2) is 13.0 Å². The topological polar surface area (TPSA) is 20.3 Å². The molecule has 1 unspecified atom stereocenters. The highest BCUT2D eigenvalue weighted by Gasteiger charge is 2.44. The van der Waals surface area contributed by atoms with Crippen molar-refractivity contribution in [2.45, 2.75) is 32.1 Å². The van der Waals surface area contributed by atoms with Gasteiger partial charge in [0.2, 0.25) is 5.91 Å². The van der Waals surface area contributed by atoms with E-state index in [2.05, 4.69) is 19.9 Å².